The third-order valence-corrected chi connectivity index (χ3v) is 3.83. The molecule has 0 saturated heterocycles. The Kier molecular flexibility index (Phi) is 3.97. The van der Waals surface area contributed by atoms with E-state index >= 15 is 0 Å². The monoisotopic (exact) mass is 308 g/mol. The van der Waals surface area contributed by atoms with Crippen molar-refractivity contribution in [3.05, 3.63) is 53.3 Å². The van der Waals surface area contributed by atoms with Crippen LogP contribution in [0.1, 0.15) is 17.0 Å². The Morgan fingerprint density at radius 2 is 1.87 bits per heavy atom. The lowest BCUT2D eigenvalue weighted by Crippen LogP contribution is -2.05. The third kappa shape index (κ3) is 3.15. The first-order valence-corrected chi connectivity index (χ1v) is 7.47. The van der Waals surface area contributed by atoms with Crippen molar-refractivity contribution in [1.82, 2.24) is 19.7 Å². The second-order valence-electron chi connectivity index (χ2n) is 5.51. The number of rotatable bonds is 4. The van der Waals surface area contributed by atoms with E-state index in [4.69, 9.17) is 5.73 Å². The Labute approximate surface area is 135 Å². The van der Waals surface area contributed by atoms with E-state index < -0.39 is 0 Å². The van der Waals surface area contributed by atoms with Gasteiger partial charge in [0, 0.05) is 30.9 Å². The van der Waals surface area contributed by atoms with Crippen LogP contribution in [0.5, 0.6) is 0 Å². The van der Waals surface area contributed by atoms with Crippen molar-refractivity contribution in [3.8, 4) is 11.3 Å². The van der Waals surface area contributed by atoms with Gasteiger partial charge in [0.05, 0.1) is 11.4 Å². The Hall–Kier alpha value is -2.89. The molecule has 0 atom stereocenters. The number of nitrogens with one attached hydrogen (secondary N) is 1. The van der Waals surface area contributed by atoms with Crippen molar-refractivity contribution in [2.75, 3.05) is 11.1 Å². The average Bonchev–Trinajstić information content (AvgIpc) is 2.78. The van der Waals surface area contributed by atoms with Crippen LogP contribution in [0.3, 0.4) is 0 Å². The minimum absolute atomic E-state index is 0.251. The van der Waals surface area contributed by atoms with Crippen LogP contribution in [0.4, 0.5) is 11.8 Å². The van der Waals surface area contributed by atoms with Gasteiger partial charge in [0.1, 0.15) is 5.82 Å². The SMILES string of the molecule is Cc1nn(C)c(C)c1-c1cc(NCc2ccccc2)nc(N)n1. The summed E-state index contributed by atoms with van der Waals surface area (Å²) < 4.78 is 1.85. The molecule has 0 bridgehead atoms. The first-order chi connectivity index (χ1) is 11.0. The van der Waals surface area contributed by atoms with Crippen LogP contribution in [0, 0.1) is 13.8 Å². The number of nitrogens with zero attached hydrogens (tertiary/aromatic N) is 4. The molecule has 3 aromatic rings. The van der Waals surface area contributed by atoms with Crippen molar-refractivity contribution in [3.63, 3.8) is 0 Å². The molecule has 0 fully saturated rings. The van der Waals surface area contributed by atoms with Crippen molar-refractivity contribution in [1.29, 1.82) is 0 Å². The van der Waals surface area contributed by atoms with Gasteiger partial charge in [0.25, 0.3) is 0 Å². The fourth-order valence-electron chi connectivity index (χ4n) is 2.62. The minimum Gasteiger partial charge on any atom is -0.368 e. The van der Waals surface area contributed by atoms with E-state index in [-0.39, 0.29) is 5.95 Å². The molecule has 3 N–H and O–H groups in total. The number of aryl methyl sites for hydroxylation is 2. The maximum absolute atomic E-state index is 5.88. The van der Waals surface area contributed by atoms with Crippen LogP contribution in [0.2, 0.25) is 0 Å². The topological polar surface area (TPSA) is 81.7 Å². The lowest BCUT2D eigenvalue weighted by Gasteiger charge is -2.09. The van der Waals surface area contributed by atoms with Crippen molar-refractivity contribution < 1.29 is 0 Å². The van der Waals surface area contributed by atoms with Crippen LogP contribution in [-0.4, -0.2) is 19.7 Å². The Morgan fingerprint density at radius 3 is 2.52 bits per heavy atom. The maximum atomic E-state index is 5.88. The van der Waals surface area contributed by atoms with E-state index in [9.17, 15) is 0 Å². The highest BCUT2D eigenvalue weighted by Crippen LogP contribution is 2.27. The zero-order valence-electron chi connectivity index (χ0n) is 13.5. The van der Waals surface area contributed by atoms with Gasteiger partial charge in [-0.3, -0.25) is 4.68 Å². The van der Waals surface area contributed by atoms with Gasteiger partial charge in [0.2, 0.25) is 5.95 Å². The number of hydrogen-bond acceptors (Lipinski definition) is 5. The fourth-order valence-corrected chi connectivity index (χ4v) is 2.62. The number of benzene rings is 1. The zero-order valence-corrected chi connectivity index (χ0v) is 13.5. The Bertz CT molecular complexity index is 823. The Morgan fingerprint density at radius 1 is 1.13 bits per heavy atom. The van der Waals surface area contributed by atoms with E-state index in [2.05, 4.69) is 32.5 Å². The number of hydrogen-bond donors (Lipinski definition) is 2. The number of aromatic nitrogens is 4. The second-order valence-corrected chi connectivity index (χ2v) is 5.51. The van der Waals surface area contributed by atoms with Gasteiger partial charge >= 0.3 is 0 Å². The van der Waals surface area contributed by atoms with Gasteiger partial charge < -0.3 is 11.1 Å². The molecule has 2 aromatic heterocycles. The summed E-state index contributed by atoms with van der Waals surface area (Å²) in [5.41, 5.74) is 10.8. The summed E-state index contributed by atoms with van der Waals surface area (Å²) in [6.45, 7) is 4.67. The zero-order chi connectivity index (χ0) is 16.4. The number of anilines is 2. The summed E-state index contributed by atoms with van der Waals surface area (Å²) in [7, 11) is 1.92. The lowest BCUT2D eigenvalue weighted by molar-refractivity contribution is 0.731. The van der Waals surface area contributed by atoms with Crippen LogP contribution in [-0.2, 0) is 13.6 Å². The second kappa shape index (κ2) is 6.08. The quantitative estimate of drug-likeness (QED) is 0.774. The molecule has 0 spiro atoms. The predicted octanol–water partition coefficient (Wildman–Crippen LogP) is 2.69. The van der Waals surface area contributed by atoms with Crippen molar-refractivity contribution in [2.45, 2.75) is 20.4 Å². The van der Waals surface area contributed by atoms with Gasteiger partial charge in [0.15, 0.2) is 0 Å². The fraction of sp³-hybridized carbons (Fsp3) is 0.235. The van der Waals surface area contributed by atoms with Crippen LogP contribution in [0.15, 0.2) is 36.4 Å². The van der Waals surface area contributed by atoms with Gasteiger partial charge in [-0.25, -0.2) is 4.98 Å². The van der Waals surface area contributed by atoms with Crippen molar-refractivity contribution in [2.24, 2.45) is 7.05 Å². The molecule has 0 aliphatic heterocycles. The summed E-state index contributed by atoms with van der Waals surface area (Å²) in [4.78, 5) is 8.64. The Balaban J connectivity index is 1.90. The summed E-state index contributed by atoms with van der Waals surface area (Å²) in [5.74, 6) is 0.958. The first-order valence-electron chi connectivity index (χ1n) is 7.47. The van der Waals surface area contributed by atoms with Gasteiger partial charge in [-0.1, -0.05) is 30.3 Å². The highest BCUT2D eigenvalue weighted by Gasteiger charge is 2.14. The molecule has 0 amide bonds. The predicted molar refractivity (Wildman–Crippen MR) is 91.9 cm³/mol. The third-order valence-electron chi connectivity index (χ3n) is 3.83. The molecular formula is C17H20N6. The lowest BCUT2D eigenvalue weighted by atomic mass is 10.1. The minimum atomic E-state index is 0.251. The molecule has 0 saturated carbocycles. The van der Waals surface area contributed by atoms with Crippen LogP contribution < -0.4 is 11.1 Å². The van der Waals surface area contributed by atoms with Gasteiger partial charge in [-0.05, 0) is 19.4 Å². The smallest absolute Gasteiger partial charge is 0.222 e. The average molecular weight is 308 g/mol. The summed E-state index contributed by atoms with van der Waals surface area (Å²) >= 11 is 0. The first kappa shape index (κ1) is 15.0. The van der Waals surface area contributed by atoms with E-state index in [1.807, 2.05) is 49.8 Å². The summed E-state index contributed by atoms with van der Waals surface area (Å²) in [6, 6.07) is 12.1. The number of nitrogen functional groups attached to an aromatic ring is 1. The molecule has 0 unspecified atom stereocenters. The van der Waals surface area contributed by atoms with E-state index in [1.54, 1.807) is 0 Å². The van der Waals surface area contributed by atoms with E-state index in [0.717, 1.165) is 22.6 Å². The van der Waals surface area contributed by atoms with Gasteiger partial charge in [-0.2, -0.15) is 10.1 Å². The highest BCUT2D eigenvalue weighted by molar-refractivity contribution is 5.68. The molecule has 6 heteroatoms. The summed E-state index contributed by atoms with van der Waals surface area (Å²) in [6.07, 6.45) is 0. The van der Waals surface area contributed by atoms with Gasteiger partial charge in [-0.15, -0.1) is 0 Å². The molecule has 118 valence electrons. The molecule has 0 aliphatic rings. The highest BCUT2D eigenvalue weighted by atomic mass is 15.3. The molecular weight excluding hydrogens is 288 g/mol. The normalized spacial score (nSPS) is 10.7. The largest absolute Gasteiger partial charge is 0.368 e. The molecule has 23 heavy (non-hydrogen) atoms. The van der Waals surface area contributed by atoms with Crippen LogP contribution >= 0.6 is 0 Å². The molecule has 6 nitrogen and oxygen atoms in total. The van der Waals surface area contributed by atoms with E-state index in [1.165, 1.54) is 5.56 Å². The molecule has 0 radical (unpaired) electrons. The standard InChI is InChI=1S/C17H20N6/c1-11-16(12(2)23(3)22-11)14-9-15(21-17(18)20-14)19-10-13-7-5-4-6-8-13/h4-9H,10H2,1-3H3,(H3,18,19,20,21). The summed E-state index contributed by atoms with van der Waals surface area (Å²) in [5, 5.41) is 7.73. The molecule has 3 rings (SSSR count). The van der Waals surface area contributed by atoms with E-state index in [0.29, 0.717) is 12.4 Å². The van der Waals surface area contributed by atoms with Crippen molar-refractivity contribution >= 4 is 11.8 Å². The number of nitrogens with two attached hydrogens (primary N) is 1. The van der Waals surface area contributed by atoms with Crippen LogP contribution in [0.25, 0.3) is 11.3 Å². The molecule has 1 aromatic carbocycles. The molecule has 2 heterocycles. The maximum Gasteiger partial charge on any atom is 0.222 e. The molecule has 0 aliphatic carbocycles.